The van der Waals surface area contributed by atoms with Crippen molar-refractivity contribution in [2.75, 3.05) is 0 Å². The molecule has 0 bridgehead atoms. The number of carbonyl (C=O) groups is 3. The highest BCUT2D eigenvalue weighted by atomic mass is 32.1. The second kappa shape index (κ2) is 6.16. The number of alkyl halides is 2. The molecule has 0 unspecified atom stereocenters. The lowest BCUT2D eigenvalue weighted by atomic mass is 9.73. The summed E-state index contributed by atoms with van der Waals surface area (Å²) in [7, 11) is 0. The van der Waals surface area contributed by atoms with Gasteiger partial charge in [0.05, 0.1) is 11.3 Å². The van der Waals surface area contributed by atoms with E-state index in [4.69, 9.17) is 0 Å². The van der Waals surface area contributed by atoms with Crippen LogP contribution in [0, 0.1) is 6.92 Å². The van der Waals surface area contributed by atoms with Crippen LogP contribution in [0.3, 0.4) is 0 Å². The summed E-state index contributed by atoms with van der Waals surface area (Å²) in [4.78, 5) is 37.1. The third-order valence-corrected chi connectivity index (χ3v) is 6.18. The number of halogens is 2. The Morgan fingerprint density at radius 3 is 2.61 bits per heavy atom. The molecule has 1 fully saturated rings. The summed E-state index contributed by atoms with van der Waals surface area (Å²) >= 11 is 1.02. The fraction of sp³-hybridized carbons (Fsp3) is 0.471. The van der Waals surface area contributed by atoms with E-state index in [1.54, 1.807) is 4.57 Å². The molecular weight excluding hydrogens is 394 g/mol. The van der Waals surface area contributed by atoms with E-state index in [2.05, 4.69) is 15.5 Å². The van der Waals surface area contributed by atoms with Gasteiger partial charge in [0.15, 0.2) is 0 Å². The number of rotatable bonds is 5. The highest BCUT2D eigenvalue weighted by Gasteiger charge is 2.60. The number of hydrogen-bond acceptors (Lipinski definition) is 6. The minimum atomic E-state index is -2.97. The summed E-state index contributed by atoms with van der Waals surface area (Å²) in [6, 6.07) is 0. The average Bonchev–Trinajstić information content (AvgIpc) is 3.28. The lowest BCUT2D eigenvalue weighted by Crippen LogP contribution is -2.61. The van der Waals surface area contributed by atoms with Crippen molar-refractivity contribution in [3.8, 4) is 0 Å². The minimum Gasteiger partial charge on any atom is -0.478 e. The molecule has 1 aliphatic heterocycles. The maximum absolute atomic E-state index is 13.6. The molecule has 3 heterocycles. The first-order valence-corrected chi connectivity index (χ1v) is 9.50. The molecule has 2 aliphatic rings. The van der Waals surface area contributed by atoms with Crippen LogP contribution in [0.5, 0.6) is 0 Å². The zero-order chi connectivity index (χ0) is 20.3. The van der Waals surface area contributed by atoms with E-state index >= 15 is 0 Å². The molecule has 1 aliphatic carbocycles. The quantitative estimate of drug-likeness (QED) is 0.575. The summed E-state index contributed by atoms with van der Waals surface area (Å²) in [6.07, 6.45) is -0.170. The molecule has 4 rings (SSSR count). The number of ketones is 1. The fourth-order valence-corrected chi connectivity index (χ4v) is 4.89. The van der Waals surface area contributed by atoms with Gasteiger partial charge in [0, 0.05) is 25.1 Å². The Bertz CT molecular complexity index is 991. The van der Waals surface area contributed by atoms with E-state index in [-0.39, 0.29) is 21.8 Å². The first kappa shape index (κ1) is 18.7. The Hall–Kier alpha value is -2.69. The van der Waals surface area contributed by atoms with Crippen molar-refractivity contribution in [1.29, 1.82) is 0 Å². The van der Waals surface area contributed by atoms with Crippen LogP contribution in [0.2, 0.25) is 0 Å². The van der Waals surface area contributed by atoms with Crippen molar-refractivity contribution < 1.29 is 28.3 Å². The first-order valence-electron chi connectivity index (χ1n) is 8.62. The van der Waals surface area contributed by atoms with E-state index in [9.17, 15) is 28.3 Å². The topological polar surface area (TPSA) is 114 Å². The zero-order valence-electron chi connectivity index (χ0n) is 14.8. The van der Waals surface area contributed by atoms with Crippen molar-refractivity contribution in [3.63, 3.8) is 0 Å². The number of nitrogens with zero attached hydrogens (tertiary/aromatic N) is 3. The smallest absolute Gasteiger partial charge is 0.337 e. The number of nitrogens with one attached hydrogen (secondary N) is 1. The van der Waals surface area contributed by atoms with Crippen LogP contribution in [-0.4, -0.2) is 43.5 Å². The van der Waals surface area contributed by atoms with Crippen LogP contribution in [0.1, 0.15) is 56.4 Å². The molecular formula is C17H16F2N4O4S. The molecule has 0 saturated heterocycles. The van der Waals surface area contributed by atoms with Gasteiger partial charge in [0.2, 0.25) is 0 Å². The second-order valence-electron chi connectivity index (χ2n) is 7.17. The lowest BCUT2D eigenvalue weighted by molar-refractivity contribution is -0.147. The number of aromatic nitrogens is 3. The van der Waals surface area contributed by atoms with E-state index in [0.29, 0.717) is 25.1 Å². The molecule has 28 heavy (non-hydrogen) atoms. The van der Waals surface area contributed by atoms with Gasteiger partial charge in [-0.3, -0.25) is 9.59 Å². The van der Waals surface area contributed by atoms with Crippen LogP contribution in [0.4, 0.5) is 8.78 Å². The maximum atomic E-state index is 13.6. The van der Waals surface area contributed by atoms with Crippen LogP contribution in [0.25, 0.3) is 0 Å². The number of hydrogen-bond donors (Lipinski definition) is 2. The van der Waals surface area contributed by atoms with Gasteiger partial charge in [-0.25, -0.2) is 13.6 Å². The van der Waals surface area contributed by atoms with Gasteiger partial charge in [-0.2, -0.15) is 0 Å². The number of carboxylic acids is 1. The maximum Gasteiger partial charge on any atom is 0.337 e. The molecule has 2 aromatic heterocycles. The Morgan fingerprint density at radius 2 is 2.04 bits per heavy atom. The Labute approximate surface area is 161 Å². The van der Waals surface area contributed by atoms with Crippen LogP contribution >= 0.6 is 11.3 Å². The van der Waals surface area contributed by atoms with Crippen molar-refractivity contribution in [3.05, 3.63) is 33.0 Å². The molecule has 0 atom stereocenters. The van der Waals surface area contributed by atoms with E-state index in [1.165, 1.54) is 12.4 Å². The van der Waals surface area contributed by atoms with E-state index < -0.39 is 42.0 Å². The molecule has 1 amide bonds. The van der Waals surface area contributed by atoms with Gasteiger partial charge >= 0.3 is 5.97 Å². The van der Waals surface area contributed by atoms with Gasteiger partial charge in [-0.05, 0) is 25.3 Å². The molecule has 8 nitrogen and oxygen atoms in total. The highest BCUT2D eigenvalue weighted by Crippen LogP contribution is 2.52. The van der Waals surface area contributed by atoms with E-state index in [1.807, 2.05) is 0 Å². The summed E-state index contributed by atoms with van der Waals surface area (Å²) in [6.45, 7) is 1.91. The van der Waals surface area contributed by atoms with Crippen molar-refractivity contribution in [2.24, 2.45) is 0 Å². The summed E-state index contributed by atoms with van der Waals surface area (Å²) < 4.78 is 28.7. The summed E-state index contributed by atoms with van der Waals surface area (Å²) in [5.41, 5.74) is 0.677. The van der Waals surface area contributed by atoms with E-state index in [0.717, 1.165) is 11.3 Å². The average molecular weight is 410 g/mol. The second-order valence-corrected chi connectivity index (χ2v) is 8.01. The molecule has 0 aromatic carbocycles. The van der Waals surface area contributed by atoms with Crippen LogP contribution in [0.15, 0.2) is 5.51 Å². The van der Waals surface area contributed by atoms with Crippen LogP contribution < -0.4 is 5.32 Å². The van der Waals surface area contributed by atoms with Crippen molar-refractivity contribution in [1.82, 2.24) is 20.1 Å². The first-order chi connectivity index (χ1) is 13.2. The van der Waals surface area contributed by atoms with Gasteiger partial charge in [-0.1, -0.05) is 0 Å². The zero-order valence-corrected chi connectivity index (χ0v) is 15.6. The van der Waals surface area contributed by atoms with Gasteiger partial charge < -0.3 is 15.0 Å². The van der Waals surface area contributed by atoms with Crippen molar-refractivity contribution >= 4 is 29.0 Å². The van der Waals surface area contributed by atoms with Gasteiger partial charge in [-0.15, -0.1) is 21.5 Å². The lowest BCUT2D eigenvalue weighted by Gasteiger charge is -2.45. The molecule has 2 aromatic rings. The predicted molar refractivity (Wildman–Crippen MR) is 92.7 cm³/mol. The molecule has 11 heteroatoms. The number of carbonyl (C=O) groups excluding carboxylic acids is 2. The monoisotopic (exact) mass is 410 g/mol. The Morgan fingerprint density at radius 1 is 1.32 bits per heavy atom. The number of fused-ring (bicyclic) bond motifs is 1. The third-order valence-electron chi connectivity index (χ3n) is 5.29. The molecule has 0 radical (unpaired) electrons. The summed E-state index contributed by atoms with van der Waals surface area (Å²) in [5, 5.41) is 19.5. The third kappa shape index (κ3) is 2.72. The summed E-state index contributed by atoms with van der Waals surface area (Å²) in [5.74, 6) is -6.12. The minimum absolute atomic E-state index is 0.000831. The highest BCUT2D eigenvalue weighted by molar-refractivity contribution is 7.09. The SMILES string of the molecule is Cc1c(C(=O)O)c2n(c1C(=O)C(=O)NC1(c3nncs3)CC(F)(F)C1)CCC2. The van der Waals surface area contributed by atoms with Crippen LogP contribution in [-0.2, 0) is 23.3 Å². The Balaban J connectivity index is 1.66. The molecule has 148 valence electrons. The Kier molecular flexibility index (Phi) is 4.11. The van der Waals surface area contributed by atoms with Crippen molar-refractivity contribution in [2.45, 2.75) is 50.6 Å². The largest absolute Gasteiger partial charge is 0.478 e. The molecule has 0 spiro atoms. The number of amides is 1. The number of aromatic carboxylic acids is 1. The normalized spacial score (nSPS) is 19.0. The molecule has 1 saturated carbocycles. The standard InChI is InChI=1S/C17H16F2N4O4S/c1-8-10(14(26)27)9-3-2-4-23(9)11(8)12(24)13(25)21-16(5-17(18,19)6-16)15-22-20-7-28-15/h7H,2-6H2,1H3,(H,21,25)(H,26,27). The molecule has 2 N–H and O–H groups in total. The predicted octanol–water partition coefficient (Wildman–Crippen LogP) is 1.92. The van der Waals surface area contributed by atoms with Gasteiger partial charge in [0.25, 0.3) is 17.6 Å². The number of carboxylic acid groups (broad SMARTS) is 1. The fourth-order valence-electron chi connectivity index (χ4n) is 4.18. The van der Waals surface area contributed by atoms with Gasteiger partial charge in [0.1, 0.15) is 16.1 Å². The number of Topliss-reactive ketones (excluding diaryl/α,β-unsaturated/α-hetero) is 1.